The first-order chi connectivity index (χ1) is 5.07. The number of aliphatic hydroxyl groups excluding tert-OH is 1. The Morgan fingerprint density at radius 1 is 1.64 bits per heavy atom. The number of hydrogen-bond acceptors (Lipinski definition) is 2. The molecule has 1 unspecified atom stereocenters. The summed E-state index contributed by atoms with van der Waals surface area (Å²) in [7, 11) is 0. The van der Waals surface area contributed by atoms with Gasteiger partial charge in [-0.05, 0) is 12.8 Å². The van der Waals surface area contributed by atoms with Gasteiger partial charge < -0.3 is 10.2 Å². The van der Waals surface area contributed by atoms with Gasteiger partial charge in [0, 0.05) is 5.57 Å². The van der Waals surface area contributed by atoms with Gasteiger partial charge in [0.05, 0.1) is 12.0 Å². The van der Waals surface area contributed by atoms with Gasteiger partial charge in [0.15, 0.2) is 0 Å². The largest absolute Gasteiger partial charge is 0.478 e. The second-order valence-corrected chi connectivity index (χ2v) is 2.84. The molecule has 0 bridgehead atoms. The lowest BCUT2D eigenvalue weighted by atomic mass is 10.1. The van der Waals surface area contributed by atoms with Gasteiger partial charge in [-0.1, -0.05) is 6.58 Å². The Balaban J connectivity index is 3.54. The van der Waals surface area contributed by atoms with E-state index in [-0.39, 0.29) is 17.6 Å². The molecule has 4 heteroatoms. The summed E-state index contributed by atoms with van der Waals surface area (Å²) in [4.78, 5) is 10.2. The average molecular weight is 179 g/mol. The van der Waals surface area contributed by atoms with Gasteiger partial charge in [-0.2, -0.15) is 0 Å². The molecular weight excluding hydrogens is 168 g/mol. The molecule has 11 heavy (non-hydrogen) atoms. The molecule has 0 aromatic carbocycles. The summed E-state index contributed by atoms with van der Waals surface area (Å²) in [5.74, 6) is -1.01. The van der Waals surface area contributed by atoms with Gasteiger partial charge >= 0.3 is 5.97 Å². The fraction of sp³-hybridized carbons (Fsp3) is 0.571. The number of alkyl halides is 1. The highest BCUT2D eigenvalue weighted by Gasteiger charge is 2.07. The lowest BCUT2D eigenvalue weighted by Crippen LogP contribution is -2.07. The molecule has 0 aliphatic carbocycles. The highest BCUT2D eigenvalue weighted by Crippen LogP contribution is 2.09. The van der Waals surface area contributed by atoms with Gasteiger partial charge in [0.25, 0.3) is 0 Å². The Labute approximate surface area is 70.3 Å². The zero-order valence-corrected chi connectivity index (χ0v) is 6.84. The Morgan fingerprint density at radius 2 is 2.18 bits per heavy atom. The molecule has 0 spiro atoms. The summed E-state index contributed by atoms with van der Waals surface area (Å²) in [5.41, 5.74) is 0.129. The molecule has 3 nitrogen and oxygen atoms in total. The molecule has 0 saturated heterocycles. The number of carboxylic acid groups (broad SMARTS) is 1. The number of rotatable bonds is 5. The van der Waals surface area contributed by atoms with Crippen molar-refractivity contribution in [1.82, 2.24) is 0 Å². The van der Waals surface area contributed by atoms with Gasteiger partial charge in [-0.25, -0.2) is 4.79 Å². The van der Waals surface area contributed by atoms with Gasteiger partial charge in [-0.15, -0.1) is 11.6 Å². The first kappa shape index (κ1) is 10.5. The van der Waals surface area contributed by atoms with Crippen molar-refractivity contribution in [2.24, 2.45) is 0 Å². The number of aliphatic hydroxyl groups is 1. The van der Waals surface area contributed by atoms with Crippen LogP contribution in [0.25, 0.3) is 0 Å². The van der Waals surface area contributed by atoms with Crippen molar-refractivity contribution in [2.45, 2.75) is 18.2 Å². The second kappa shape index (κ2) is 5.16. The van der Waals surface area contributed by atoms with E-state index in [1.807, 2.05) is 0 Å². The minimum absolute atomic E-state index is 0.129. The Kier molecular flexibility index (Phi) is 4.90. The van der Waals surface area contributed by atoms with Crippen LogP contribution in [0.4, 0.5) is 0 Å². The average Bonchev–Trinajstić information content (AvgIpc) is 1.99. The lowest BCUT2D eigenvalue weighted by Gasteiger charge is -2.03. The molecule has 0 aromatic heterocycles. The third-order valence-electron chi connectivity index (χ3n) is 1.26. The highest BCUT2D eigenvalue weighted by molar-refractivity contribution is 6.20. The fourth-order valence-corrected chi connectivity index (χ4v) is 0.638. The number of carbonyl (C=O) groups is 1. The van der Waals surface area contributed by atoms with Crippen molar-refractivity contribution in [3.63, 3.8) is 0 Å². The van der Waals surface area contributed by atoms with Crippen molar-refractivity contribution >= 4 is 17.6 Å². The summed E-state index contributed by atoms with van der Waals surface area (Å²) in [6.45, 7) is 3.19. The molecule has 0 aliphatic rings. The van der Waals surface area contributed by atoms with Gasteiger partial charge in [0.1, 0.15) is 0 Å². The Bertz CT molecular complexity index is 156. The molecule has 0 rings (SSSR count). The van der Waals surface area contributed by atoms with Crippen LogP contribution in [-0.4, -0.2) is 28.2 Å². The number of aliphatic carboxylic acids is 1. The molecule has 0 aliphatic heterocycles. The smallest absolute Gasteiger partial charge is 0.330 e. The van der Waals surface area contributed by atoms with Crippen molar-refractivity contribution in [1.29, 1.82) is 0 Å². The molecule has 64 valence electrons. The van der Waals surface area contributed by atoms with Crippen LogP contribution in [0, 0.1) is 0 Å². The van der Waals surface area contributed by atoms with Crippen molar-refractivity contribution in [3.8, 4) is 0 Å². The van der Waals surface area contributed by atoms with Crippen molar-refractivity contribution < 1.29 is 15.0 Å². The topological polar surface area (TPSA) is 57.5 Å². The van der Waals surface area contributed by atoms with Crippen molar-refractivity contribution in [3.05, 3.63) is 12.2 Å². The van der Waals surface area contributed by atoms with E-state index in [0.717, 1.165) is 0 Å². The third-order valence-corrected chi connectivity index (χ3v) is 1.62. The molecule has 0 saturated carbocycles. The van der Waals surface area contributed by atoms with Crippen LogP contribution >= 0.6 is 11.6 Å². The van der Waals surface area contributed by atoms with Crippen molar-refractivity contribution in [2.75, 3.05) is 6.61 Å². The van der Waals surface area contributed by atoms with E-state index in [1.54, 1.807) is 0 Å². The fourth-order valence-electron chi connectivity index (χ4n) is 0.529. The van der Waals surface area contributed by atoms with E-state index < -0.39 is 5.97 Å². The van der Waals surface area contributed by atoms with E-state index in [4.69, 9.17) is 21.8 Å². The van der Waals surface area contributed by atoms with E-state index in [9.17, 15) is 4.79 Å². The number of halogens is 1. The Hall–Kier alpha value is -0.540. The summed E-state index contributed by atoms with van der Waals surface area (Å²) in [6, 6.07) is 0. The molecule has 1 atom stereocenters. The number of hydrogen-bond donors (Lipinski definition) is 2. The van der Waals surface area contributed by atoms with Crippen LogP contribution in [0.1, 0.15) is 12.8 Å². The standard InChI is InChI=1S/C7H11ClO3/c1-5(7(10)11)2-3-6(8)4-9/h6,9H,1-4H2,(H,10,11). The molecular formula is C7H11ClO3. The first-order valence-electron chi connectivity index (χ1n) is 3.24. The maximum absolute atomic E-state index is 10.2. The zero-order chi connectivity index (χ0) is 8.85. The molecule has 0 heterocycles. The van der Waals surface area contributed by atoms with Crippen LogP contribution in [0.15, 0.2) is 12.2 Å². The number of carboxylic acids is 1. The Morgan fingerprint density at radius 3 is 2.55 bits per heavy atom. The van der Waals surface area contributed by atoms with E-state index in [0.29, 0.717) is 12.8 Å². The predicted molar refractivity (Wildman–Crippen MR) is 42.7 cm³/mol. The monoisotopic (exact) mass is 178 g/mol. The molecule has 0 amide bonds. The van der Waals surface area contributed by atoms with E-state index in [1.165, 1.54) is 0 Å². The lowest BCUT2D eigenvalue weighted by molar-refractivity contribution is -0.132. The minimum atomic E-state index is -1.01. The molecule has 0 radical (unpaired) electrons. The van der Waals surface area contributed by atoms with Crippen LogP contribution in [0.2, 0.25) is 0 Å². The zero-order valence-electron chi connectivity index (χ0n) is 6.09. The summed E-state index contributed by atoms with van der Waals surface area (Å²) in [5, 5.41) is 16.5. The maximum atomic E-state index is 10.2. The highest BCUT2D eigenvalue weighted by atomic mass is 35.5. The van der Waals surface area contributed by atoms with Crippen LogP contribution < -0.4 is 0 Å². The molecule has 0 fully saturated rings. The predicted octanol–water partition coefficient (Wildman–Crippen LogP) is 1.01. The molecule has 2 N–H and O–H groups in total. The van der Waals surface area contributed by atoms with Gasteiger partial charge in [-0.3, -0.25) is 0 Å². The van der Waals surface area contributed by atoms with Crippen LogP contribution in [-0.2, 0) is 4.79 Å². The summed E-state index contributed by atoms with van der Waals surface area (Å²) < 4.78 is 0. The van der Waals surface area contributed by atoms with E-state index in [2.05, 4.69) is 6.58 Å². The summed E-state index contributed by atoms with van der Waals surface area (Å²) in [6.07, 6.45) is 0.771. The van der Waals surface area contributed by atoms with E-state index >= 15 is 0 Å². The third kappa shape index (κ3) is 4.81. The normalized spacial score (nSPS) is 12.5. The van der Waals surface area contributed by atoms with Crippen LogP contribution in [0.5, 0.6) is 0 Å². The quantitative estimate of drug-likeness (QED) is 0.488. The molecule has 0 aromatic rings. The van der Waals surface area contributed by atoms with Gasteiger partial charge in [0.2, 0.25) is 0 Å². The minimum Gasteiger partial charge on any atom is -0.478 e. The second-order valence-electron chi connectivity index (χ2n) is 2.23. The SMILES string of the molecule is C=C(CCC(Cl)CO)C(=O)O. The maximum Gasteiger partial charge on any atom is 0.330 e. The van der Waals surface area contributed by atoms with Crippen LogP contribution in [0.3, 0.4) is 0 Å². The summed E-state index contributed by atoms with van der Waals surface area (Å²) >= 11 is 5.53. The first-order valence-corrected chi connectivity index (χ1v) is 3.67.